The largest absolute Gasteiger partial charge is 0.383 e. The van der Waals surface area contributed by atoms with Crippen LogP contribution in [0.2, 0.25) is 0 Å². The van der Waals surface area contributed by atoms with E-state index in [4.69, 9.17) is 9.47 Å². The van der Waals surface area contributed by atoms with Gasteiger partial charge in [-0.05, 0) is 30.9 Å². The number of benzene rings is 1. The molecule has 1 fully saturated rings. The Morgan fingerprint density at radius 2 is 1.96 bits per heavy atom. The third-order valence-corrected chi connectivity index (χ3v) is 4.58. The van der Waals surface area contributed by atoms with E-state index in [-0.39, 0.29) is 29.4 Å². The van der Waals surface area contributed by atoms with E-state index in [1.54, 1.807) is 14.2 Å². The Bertz CT molecular complexity index is 517. The normalized spacial score (nSPS) is 17.0. The lowest BCUT2D eigenvalue weighted by Gasteiger charge is -2.39. The third-order valence-electron chi connectivity index (χ3n) is 4.58. The molecular formula is C18H30IN3O2. The molecule has 24 heavy (non-hydrogen) atoms. The molecule has 2 N–H and O–H groups in total. The fourth-order valence-electron chi connectivity index (χ4n) is 3.22. The van der Waals surface area contributed by atoms with Crippen LogP contribution in [0.1, 0.15) is 24.0 Å². The summed E-state index contributed by atoms with van der Waals surface area (Å²) in [5.74, 6) is 0.821. The Balaban J connectivity index is 0.00000288. The summed E-state index contributed by atoms with van der Waals surface area (Å²) in [4.78, 5) is 4.30. The minimum atomic E-state index is 0. The number of aryl methyl sites for hydroxylation is 1. The summed E-state index contributed by atoms with van der Waals surface area (Å²) < 4.78 is 10.7. The highest BCUT2D eigenvalue weighted by Gasteiger charge is 2.35. The minimum Gasteiger partial charge on any atom is -0.383 e. The van der Waals surface area contributed by atoms with Crippen LogP contribution >= 0.6 is 24.0 Å². The number of nitrogens with one attached hydrogen (secondary N) is 2. The van der Waals surface area contributed by atoms with Crippen LogP contribution in [0.15, 0.2) is 29.3 Å². The average Bonchev–Trinajstić information content (AvgIpc) is 2.59. The standard InChI is InChI=1S/C18H29N3O2.HI/c1-15-6-4-5-7-16(15)18(8-11-23-12-9-18)14-21-17(19-2)20-10-13-22-3;/h4-7H,8-14H2,1-3H3,(H2,19,20,21);1H. The number of methoxy groups -OCH3 is 1. The summed E-state index contributed by atoms with van der Waals surface area (Å²) in [5.41, 5.74) is 2.87. The second-order valence-electron chi connectivity index (χ2n) is 6.05. The predicted molar refractivity (Wildman–Crippen MR) is 110 cm³/mol. The molecule has 0 radical (unpaired) electrons. The van der Waals surface area contributed by atoms with Crippen LogP contribution in [0.4, 0.5) is 0 Å². The van der Waals surface area contributed by atoms with Crippen molar-refractivity contribution < 1.29 is 9.47 Å². The van der Waals surface area contributed by atoms with Gasteiger partial charge in [-0.1, -0.05) is 24.3 Å². The van der Waals surface area contributed by atoms with Gasteiger partial charge in [0.05, 0.1) is 6.61 Å². The molecule has 0 atom stereocenters. The van der Waals surface area contributed by atoms with Crippen molar-refractivity contribution in [3.8, 4) is 0 Å². The van der Waals surface area contributed by atoms with E-state index in [1.807, 2.05) is 0 Å². The minimum absolute atomic E-state index is 0. The number of nitrogens with zero attached hydrogens (tertiary/aromatic N) is 1. The highest BCUT2D eigenvalue weighted by molar-refractivity contribution is 14.0. The zero-order valence-corrected chi connectivity index (χ0v) is 17.3. The Hall–Kier alpha value is -0.860. The van der Waals surface area contributed by atoms with Crippen molar-refractivity contribution in [2.24, 2.45) is 4.99 Å². The Labute approximate surface area is 162 Å². The van der Waals surface area contributed by atoms with E-state index in [2.05, 4.69) is 46.8 Å². The maximum absolute atomic E-state index is 5.61. The van der Waals surface area contributed by atoms with Gasteiger partial charge in [0.2, 0.25) is 0 Å². The van der Waals surface area contributed by atoms with Gasteiger partial charge in [-0.15, -0.1) is 24.0 Å². The molecule has 0 unspecified atom stereocenters. The van der Waals surface area contributed by atoms with Crippen LogP contribution in [0, 0.1) is 6.92 Å². The molecule has 0 aromatic heterocycles. The lowest BCUT2D eigenvalue weighted by Crippen LogP contribution is -2.48. The zero-order valence-electron chi connectivity index (χ0n) is 14.9. The molecule has 0 spiro atoms. The molecule has 1 heterocycles. The molecule has 2 rings (SSSR count). The molecular weight excluding hydrogens is 417 g/mol. The Morgan fingerprint density at radius 1 is 1.25 bits per heavy atom. The first-order valence-corrected chi connectivity index (χ1v) is 8.29. The van der Waals surface area contributed by atoms with Gasteiger partial charge < -0.3 is 20.1 Å². The van der Waals surface area contributed by atoms with Crippen LogP contribution < -0.4 is 10.6 Å². The monoisotopic (exact) mass is 447 g/mol. The number of aliphatic imine (C=N–C) groups is 1. The van der Waals surface area contributed by atoms with E-state index >= 15 is 0 Å². The van der Waals surface area contributed by atoms with Gasteiger partial charge >= 0.3 is 0 Å². The van der Waals surface area contributed by atoms with Gasteiger partial charge in [0.25, 0.3) is 0 Å². The fourth-order valence-corrected chi connectivity index (χ4v) is 3.22. The van der Waals surface area contributed by atoms with E-state index < -0.39 is 0 Å². The topological polar surface area (TPSA) is 54.9 Å². The molecule has 0 saturated carbocycles. The first-order valence-electron chi connectivity index (χ1n) is 8.29. The maximum atomic E-state index is 5.61. The van der Waals surface area contributed by atoms with Gasteiger partial charge in [-0.2, -0.15) is 0 Å². The smallest absolute Gasteiger partial charge is 0.191 e. The summed E-state index contributed by atoms with van der Waals surface area (Å²) in [6.07, 6.45) is 2.06. The second-order valence-corrected chi connectivity index (χ2v) is 6.05. The number of hydrogen-bond acceptors (Lipinski definition) is 3. The molecule has 0 aliphatic carbocycles. The number of ether oxygens (including phenoxy) is 2. The highest BCUT2D eigenvalue weighted by Crippen LogP contribution is 2.36. The van der Waals surface area contributed by atoms with Crippen molar-refractivity contribution in [3.05, 3.63) is 35.4 Å². The van der Waals surface area contributed by atoms with Crippen molar-refractivity contribution >= 4 is 29.9 Å². The third kappa shape index (κ3) is 5.60. The quantitative estimate of drug-likeness (QED) is 0.305. The molecule has 0 amide bonds. The van der Waals surface area contributed by atoms with Crippen LogP contribution in [0.3, 0.4) is 0 Å². The zero-order chi connectivity index (χ0) is 16.5. The van der Waals surface area contributed by atoms with Gasteiger partial charge in [0.15, 0.2) is 5.96 Å². The number of rotatable bonds is 6. The first kappa shape index (κ1) is 21.2. The van der Waals surface area contributed by atoms with Crippen molar-refractivity contribution in [2.45, 2.75) is 25.2 Å². The first-order chi connectivity index (χ1) is 11.2. The fraction of sp³-hybridized carbons (Fsp3) is 0.611. The van der Waals surface area contributed by atoms with Gasteiger partial charge in [0.1, 0.15) is 0 Å². The average molecular weight is 447 g/mol. The highest BCUT2D eigenvalue weighted by atomic mass is 127. The summed E-state index contributed by atoms with van der Waals surface area (Å²) in [7, 11) is 3.50. The van der Waals surface area contributed by atoms with E-state index in [0.29, 0.717) is 6.61 Å². The van der Waals surface area contributed by atoms with Crippen molar-refractivity contribution in [3.63, 3.8) is 0 Å². The van der Waals surface area contributed by atoms with Gasteiger partial charge in [0, 0.05) is 45.9 Å². The SMILES string of the molecule is CN=C(NCCOC)NCC1(c2ccccc2C)CCOCC1.I. The molecule has 5 nitrogen and oxygen atoms in total. The lowest BCUT2D eigenvalue weighted by molar-refractivity contribution is 0.0511. The van der Waals surface area contributed by atoms with Crippen molar-refractivity contribution in [1.82, 2.24) is 10.6 Å². The number of guanidine groups is 1. The van der Waals surface area contributed by atoms with Gasteiger partial charge in [-0.3, -0.25) is 4.99 Å². The molecule has 1 aliphatic rings. The van der Waals surface area contributed by atoms with E-state index in [1.165, 1.54) is 11.1 Å². The van der Waals surface area contributed by atoms with Crippen molar-refractivity contribution in [2.75, 3.05) is 47.1 Å². The summed E-state index contributed by atoms with van der Waals surface area (Å²) in [6, 6.07) is 8.68. The van der Waals surface area contributed by atoms with Gasteiger partial charge in [-0.25, -0.2) is 0 Å². The van der Waals surface area contributed by atoms with Crippen LogP contribution in [-0.2, 0) is 14.9 Å². The van der Waals surface area contributed by atoms with Crippen LogP contribution in [-0.4, -0.2) is 53.0 Å². The van der Waals surface area contributed by atoms with E-state index in [0.717, 1.165) is 45.1 Å². The van der Waals surface area contributed by atoms with Crippen LogP contribution in [0.5, 0.6) is 0 Å². The van der Waals surface area contributed by atoms with E-state index in [9.17, 15) is 0 Å². The molecule has 0 bridgehead atoms. The number of hydrogen-bond donors (Lipinski definition) is 2. The van der Waals surface area contributed by atoms with Crippen molar-refractivity contribution in [1.29, 1.82) is 0 Å². The second kappa shape index (κ2) is 10.9. The predicted octanol–water partition coefficient (Wildman–Crippen LogP) is 2.47. The Morgan fingerprint density at radius 3 is 2.58 bits per heavy atom. The summed E-state index contributed by atoms with van der Waals surface area (Å²) in [6.45, 7) is 6.08. The molecule has 1 aromatic rings. The molecule has 6 heteroatoms. The molecule has 136 valence electrons. The maximum Gasteiger partial charge on any atom is 0.191 e. The molecule has 1 aliphatic heterocycles. The molecule has 1 aromatic carbocycles. The molecule has 1 saturated heterocycles. The lowest BCUT2D eigenvalue weighted by atomic mass is 9.72. The summed E-state index contributed by atoms with van der Waals surface area (Å²) >= 11 is 0. The Kier molecular flexibility index (Phi) is 9.61. The number of halogens is 1. The van der Waals surface area contributed by atoms with Crippen LogP contribution in [0.25, 0.3) is 0 Å². The summed E-state index contributed by atoms with van der Waals surface area (Å²) in [5, 5.41) is 6.77.